The van der Waals surface area contributed by atoms with Crippen molar-refractivity contribution in [3.63, 3.8) is 0 Å². The van der Waals surface area contributed by atoms with Crippen LogP contribution in [-0.4, -0.2) is 15.0 Å². The van der Waals surface area contributed by atoms with Gasteiger partial charge in [0.15, 0.2) is 11.7 Å². The minimum absolute atomic E-state index is 0.703. The lowest BCUT2D eigenvalue weighted by molar-refractivity contribution is 0.507. The predicted octanol–water partition coefficient (Wildman–Crippen LogP) is 5.46. The van der Waals surface area contributed by atoms with E-state index in [4.69, 9.17) is 26.0 Å². The molecule has 5 rings (SSSR count). The van der Waals surface area contributed by atoms with E-state index < -0.39 is 0 Å². The standard InChI is InChI=1S/C24H20ClN3O/c25-19-4-1-3-18(15-19)24-27-21-6-2-5-20(21)22(28-24)13-16-7-9-17(10-8-16)14-23-26-11-12-29-23/h1,3-4,7-12,15H,2,5-6,13-14H2. The van der Waals surface area contributed by atoms with Crippen LogP contribution in [0.4, 0.5) is 0 Å². The molecule has 0 spiro atoms. The van der Waals surface area contributed by atoms with Gasteiger partial charge in [0.2, 0.25) is 0 Å². The largest absolute Gasteiger partial charge is 0.449 e. The summed E-state index contributed by atoms with van der Waals surface area (Å²) in [6.45, 7) is 0. The molecule has 2 heterocycles. The lowest BCUT2D eigenvalue weighted by atomic mass is 10.0. The normalized spacial score (nSPS) is 12.9. The van der Waals surface area contributed by atoms with Gasteiger partial charge in [0.05, 0.1) is 11.9 Å². The fourth-order valence-corrected chi connectivity index (χ4v) is 4.09. The molecule has 0 bridgehead atoms. The van der Waals surface area contributed by atoms with Gasteiger partial charge in [0.25, 0.3) is 0 Å². The van der Waals surface area contributed by atoms with Crippen LogP contribution in [0.15, 0.2) is 65.4 Å². The average Bonchev–Trinajstić information content (AvgIpc) is 3.41. The van der Waals surface area contributed by atoms with Gasteiger partial charge in [0.1, 0.15) is 6.26 Å². The molecule has 4 aromatic rings. The number of nitrogens with zero attached hydrogens (tertiary/aromatic N) is 3. The minimum Gasteiger partial charge on any atom is -0.449 e. The Morgan fingerprint density at radius 2 is 1.76 bits per heavy atom. The Hall–Kier alpha value is -2.98. The molecule has 0 unspecified atom stereocenters. The van der Waals surface area contributed by atoms with Crippen molar-refractivity contribution in [1.82, 2.24) is 15.0 Å². The summed E-state index contributed by atoms with van der Waals surface area (Å²) in [5.74, 6) is 1.50. The van der Waals surface area contributed by atoms with Crippen LogP contribution in [0.3, 0.4) is 0 Å². The quantitative estimate of drug-likeness (QED) is 0.446. The Bertz CT molecular complexity index is 1140. The summed E-state index contributed by atoms with van der Waals surface area (Å²) in [6.07, 6.45) is 8.02. The van der Waals surface area contributed by atoms with Gasteiger partial charge >= 0.3 is 0 Å². The minimum atomic E-state index is 0.703. The number of benzene rings is 2. The molecule has 0 fully saturated rings. The van der Waals surface area contributed by atoms with Crippen LogP contribution in [0.25, 0.3) is 11.4 Å². The summed E-state index contributed by atoms with van der Waals surface area (Å²) >= 11 is 6.18. The van der Waals surface area contributed by atoms with Crippen LogP contribution in [0.2, 0.25) is 5.02 Å². The first-order valence-corrected chi connectivity index (χ1v) is 10.2. The van der Waals surface area contributed by atoms with Crippen molar-refractivity contribution in [2.24, 2.45) is 0 Å². The summed E-state index contributed by atoms with van der Waals surface area (Å²) in [5, 5.41) is 0.704. The zero-order valence-corrected chi connectivity index (χ0v) is 16.7. The van der Waals surface area contributed by atoms with Crippen molar-refractivity contribution in [1.29, 1.82) is 0 Å². The van der Waals surface area contributed by atoms with E-state index in [0.717, 1.165) is 48.7 Å². The average molecular weight is 402 g/mol. The van der Waals surface area contributed by atoms with Crippen molar-refractivity contribution in [2.45, 2.75) is 32.1 Å². The summed E-state index contributed by atoms with van der Waals surface area (Å²) in [7, 11) is 0. The number of halogens is 1. The first-order chi connectivity index (χ1) is 14.2. The van der Waals surface area contributed by atoms with Crippen molar-refractivity contribution in [2.75, 3.05) is 0 Å². The highest BCUT2D eigenvalue weighted by molar-refractivity contribution is 6.30. The Balaban J connectivity index is 1.43. The molecule has 144 valence electrons. The molecule has 0 amide bonds. The van der Waals surface area contributed by atoms with Gasteiger partial charge < -0.3 is 4.42 Å². The molecule has 1 aliphatic carbocycles. The van der Waals surface area contributed by atoms with Gasteiger partial charge in [-0.15, -0.1) is 0 Å². The van der Waals surface area contributed by atoms with Gasteiger partial charge in [-0.05, 0) is 48.1 Å². The third-order valence-electron chi connectivity index (χ3n) is 5.33. The Morgan fingerprint density at radius 1 is 0.931 bits per heavy atom. The molecule has 5 heteroatoms. The Morgan fingerprint density at radius 3 is 2.52 bits per heavy atom. The van der Waals surface area contributed by atoms with E-state index in [2.05, 4.69) is 29.2 Å². The first kappa shape index (κ1) is 18.1. The summed E-state index contributed by atoms with van der Waals surface area (Å²) in [4.78, 5) is 14.0. The van der Waals surface area contributed by atoms with Gasteiger partial charge in [-0.25, -0.2) is 15.0 Å². The van der Waals surface area contributed by atoms with Crippen LogP contribution in [0, 0.1) is 0 Å². The number of aryl methyl sites for hydroxylation is 1. The SMILES string of the molecule is Clc1cccc(-c2nc3c(c(Cc4ccc(Cc5ncco5)cc4)n2)CCC3)c1. The number of aromatic nitrogens is 3. The Labute approximate surface area is 174 Å². The van der Waals surface area contributed by atoms with Crippen molar-refractivity contribution in [3.8, 4) is 11.4 Å². The second-order valence-electron chi connectivity index (χ2n) is 7.38. The van der Waals surface area contributed by atoms with E-state index in [0.29, 0.717) is 11.4 Å². The molecule has 0 radical (unpaired) electrons. The number of hydrogen-bond donors (Lipinski definition) is 0. The maximum absolute atomic E-state index is 6.18. The van der Waals surface area contributed by atoms with Crippen molar-refractivity contribution in [3.05, 3.63) is 100.0 Å². The summed E-state index contributed by atoms with van der Waals surface area (Å²) in [5.41, 5.74) is 7.03. The Kier molecular flexibility index (Phi) is 4.86. The molecule has 0 N–H and O–H groups in total. The van der Waals surface area contributed by atoms with Crippen LogP contribution in [-0.2, 0) is 25.7 Å². The highest BCUT2D eigenvalue weighted by Gasteiger charge is 2.20. The number of rotatable bonds is 5. The second kappa shape index (κ2) is 7.80. The van der Waals surface area contributed by atoms with Crippen LogP contribution in [0.1, 0.15) is 40.4 Å². The maximum atomic E-state index is 6.18. The summed E-state index contributed by atoms with van der Waals surface area (Å²) < 4.78 is 5.34. The number of oxazole rings is 1. The van der Waals surface area contributed by atoms with Crippen LogP contribution in [0.5, 0.6) is 0 Å². The van der Waals surface area contributed by atoms with Crippen LogP contribution >= 0.6 is 11.6 Å². The molecular weight excluding hydrogens is 382 g/mol. The first-order valence-electron chi connectivity index (χ1n) is 9.85. The van der Waals surface area contributed by atoms with Gasteiger partial charge in [-0.3, -0.25) is 0 Å². The van der Waals surface area contributed by atoms with E-state index in [9.17, 15) is 0 Å². The monoisotopic (exact) mass is 401 g/mol. The van der Waals surface area contributed by atoms with Gasteiger partial charge in [-0.2, -0.15) is 0 Å². The third kappa shape index (κ3) is 3.94. The molecule has 4 nitrogen and oxygen atoms in total. The lowest BCUT2D eigenvalue weighted by Gasteiger charge is -2.11. The number of hydrogen-bond acceptors (Lipinski definition) is 4. The van der Waals surface area contributed by atoms with E-state index in [1.165, 1.54) is 22.4 Å². The zero-order chi connectivity index (χ0) is 19.6. The van der Waals surface area contributed by atoms with Crippen molar-refractivity contribution < 1.29 is 4.42 Å². The smallest absolute Gasteiger partial charge is 0.198 e. The fourth-order valence-electron chi connectivity index (χ4n) is 3.90. The molecule has 0 atom stereocenters. The van der Waals surface area contributed by atoms with Gasteiger partial charge in [-0.1, -0.05) is 48.0 Å². The van der Waals surface area contributed by atoms with Gasteiger partial charge in [0, 0.05) is 29.1 Å². The molecule has 2 aromatic carbocycles. The van der Waals surface area contributed by atoms with Crippen LogP contribution < -0.4 is 0 Å². The molecule has 0 saturated carbocycles. The maximum Gasteiger partial charge on any atom is 0.198 e. The predicted molar refractivity (Wildman–Crippen MR) is 113 cm³/mol. The molecule has 2 aromatic heterocycles. The topological polar surface area (TPSA) is 51.8 Å². The van der Waals surface area contributed by atoms with E-state index in [1.807, 2.05) is 24.3 Å². The molecule has 0 saturated heterocycles. The third-order valence-corrected chi connectivity index (χ3v) is 5.57. The van der Waals surface area contributed by atoms with Crippen molar-refractivity contribution >= 4 is 11.6 Å². The highest BCUT2D eigenvalue weighted by atomic mass is 35.5. The molecular formula is C24H20ClN3O. The van der Waals surface area contributed by atoms with E-state index >= 15 is 0 Å². The fraction of sp³-hybridized carbons (Fsp3) is 0.208. The highest BCUT2D eigenvalue weighted by Crippen LogP contribution is 2.28. The lowest BCUT2D eigenvalue weighted by Crippen LogP contribution is -2.04. The van der Waals surface area contributed by atoms with E-state index in [-0.39, 0.29) is 0 Å². The number of fused-ring (bicyclic) bond motifs is 1. The molecule has 1 aliphatic rings. The second-order valence-corrected chi connectivity index (χ2v) is 7.82. The molecule has 29 heavy (non-hydrogen) atoms. The summed E-state index contributed by atoms with van der Waals surface area (Å²) in [6, 6.07) is 16.4. The van der Waals surface area contributed by atoms with E-state index in [1.54, 1.807) is 12.5 Å². The molecule has 0 aliphatic heterocycles. The zero-order valence-electron chi connectivity index (χ0n) is 15.9.